The molecule has 1 fully saturated rings. The largest absolute Gasteiger partial charge is 0.382 e. The van der Waals surface area contributed by atoms with Gasteiger partial charge in [0.2, 0.25) is 0 Å². The molecule has 2 rings (SSSR count). The molecule has 0 radical (unpaired) electrons. The maximum absolute atomic E-state index is 3.61. The third-order valence-electron chi connectivity index (χ3n) is 3.44. The molecule has 0 saturated heterocycles. The van der Waals surface area contributed by atoms with Crippen LogP contribution in [0.25, 0.3) is 0 Å². The summed E-state index contributed by atoms with van der Waals surface area (Å²) in [6.45, 7) is 4.40. The fourth-order valence-electron chi connectivity index (χ4n) is 2.29. The molecule has 1 N–H and O–H groups in total. The number of rotatable bonds is 4. The van der Waals surface area contributed by atoms with E-state index in [2.05, 4.69) is 53.3 Å². The number of halogens is 1. The molecule has 1 aliphatic carbocycles. The van der Waals surface area contributed by atoms with Crippen LogP contribution < -0.4 is 5.32 Å². The van der Waals surface area contributed by atoms with Gasteiger partial charge in [-0.05, 0) is 59.8 Å². The molecule has 0 aromatic heterocycles. The number of benzene rings is 1. The first-order chi connectivity index (χ1) is 7.65. The molecule has 88 valence electrons. The predicted molar refractivity (Wildman–Crippen MR) is 73.9 cm³/mol. The van der Waals surface area contributed by atoms with E-state index in [1.54, 1.807) is 0 Å². The van der Waals surface area contributed by atoms with Crippen molar-refractivity contribution in [2.24, 2.45) is 5.92 Å². The van der Waals surface area contributed by atoms with Crippen LogP contribution in [0.1, 0.15) is 38.2 Å². The normalized spacial score (nSPS) is 17.9. The minimum absolute atomic E-state index is 0.573. The molecule has 0 bridgehead atoms. The van der Waals surface area contributed by atoms with Crippen molar-refractivity contribution in [1.82, 2.24) is 0 Å². The molecule has 16 heavy (non-hydrogen) atoms. The Morgan fingerprint density at radius 3 is 2.75 bits per heavy atom. The van der Waals surface area contributed by atoms with E-state index in [9.17, 15) is 0 Å². The van der Waals surface area contributed by atoms with Crippen molar-refractivity contribution < 1.29 is 0 Å². The highest BCUT2D eigenvalue weighted by molar-refractivity contribution is 9.10. The van der Waals surface area contributed by atoms with E-state index in [-0.39, 0.29) is 0 Å². The molecule has 0 heterocycles. The zero-order chi connectivity index (χ0) is 11.5. The van der Waals surface area contributed by atoms with E-state index in [0.717, 1.165) is 5.92 Å². The lowest BCUT2D eigenvalue weighted by molar-refractivity contribution is 0.286. The smallest absolute Gasteiger partial charge is 0.0486 e. The van der Waals surface area contributed by atoms with Crippen LogP contribution in [-0.4, -0.2) is 6.04 Å². The summed E-state index contributed by atoms with van der Waals surface area (Å²) in [5.74, 6) is 0.965. The molecular formula is C14H20BrN. The molecule has 1 unspecified atom stereocenters. The fourth-order valence-corrected chi connectivity index (χ4v) is 2.90. The SMILES string of the molecule is Cc1ccc(NC(C)CC2CCC2)c(Br)c1. The standard InChI is InChI=1S/C14H20BrN/c1-10-6-7-14(13(15)8-10)16-11(2)9-12-4-3-5-12/h6-8,11-12,16H,3-5,9H2,1-2H3. The van der Waals surface area contributed by atoms with Gasteiger partial charge in [-0.2, -0.15) is 0 Å². The average Bonchev–Trinajstić information content (AvgIpc) is 2.16. The number of anilines is 1. The van der Waals surface area contributed by atoms with Crippen molar-refractivity contribution in [2.75, 3.05) is 5.32 Å². The van der Waals surface area contributed by atoms with Crippen LogP contribution in [0.4, 0.5) is 5.69 Å². The van der Waals surface area contributed by atoms with Gasteiger partial charge in [-0.25, -0.2) is 0 Å². The van der Waals surface area contributed by atoms with Crippen LogP contribution in [-0.2, 0) is 0 Å². The third kappa shape index (κ3) is 3.00. The highest BCUT2D eigenvalue weighted by Gasteiger charge is 2.19. The Bertz CT molecular complexity index is 358. The molecule has 1 aliphatic rings. The van der Waals surface area contributed by atoms with Gasteiger partial charge in [0, 0.05) is 16.2 Å². The van der Waals surface area contributed by atoms with E-state index < -0.39 is 0 Å². The van der Waals surface area contributed by atoms with Crippen molar-refractivity contribution in [3.8, 4) is 0 Å². The van der Waals surface area contributed by atoms with Gasteiger partial charge in [0.05, 0.1) is 0 Å². The second-order valence-corrected chi connectivity index (χ2v) is 5.92. The minimum atomic E-state index is 0.573. The zero-order valence-corrected chi connectivity index (χ0v) is 11.7. The first-order valence-electron chi connectivity index (χ1n) is 6.18. The van der Waals surface area contributed by atoms with Crippen molar-refractivity contribution in [2.45, 2.75) is 45.6 Å². The Balaban J connectivity index is 1.91. The first kappa shape index (κ1) is 12.0. The second kappa shape index (κ2) is 5.22. The Labute approximate surface area is 107 Å². The molecule has 0 spiro atoms. The quantitative estimate of drug-likeness (QED) is 0.840. The monoisotopic (exact) mass is 281 g/mol. The predicted octanol–water partition coefficient (Wildman–Crippen LogP) is 4.75. The van der Waals surface area contributed by atoms with Crippen molar-refractivity contribution in [3.63, 3.8) is 0 Å². The maximum atomic E-state index is 3.61. The number of nitrogens with one attached hydrogen (secondary N) is 1. The molecule has 2 heteroatoms. The van der Waals surface area contributed by atoms with Crippen LogP contribution in [0.5, 0.6) is 0 Å². The van der Waals surface area contributed by atoms with E-state index in [1.165, 1.54) is 41.4 Å². The van der Waals surface area contributed by atoms with Crippen LogP contribution >= 0.6 is 15.9 Å². The summed E-state index contributed by atoms with van der Waals surface area (Å²) in [6.07, 6.45) is 5.61. The Hall–Kier alpha value is -0.500. The number of aryl methyl sites for hydroxylation is 1. The molecule has 1 atom stereocenters. The van der Waals surface area contributed by atoms with Gasteiger partial charge in [-0.15, -0.1) is 0 Å². The second-order valence-electron chi connectivity index (χ2n) is 5.06. The highest BCUT2D eigenvalue weighted by Crippen LogP contribution is 2.32. The van der Waals surface area contributed by atoms with Gasteiger partial charge >= 0.3 is 0 Å². The molecule has 1 nitrogen and oxygen atoms in total. The maximum Gasteiger partial charge on any atom is 0.0486 e. The van der Waals surface area contributed by atoms with Crippen LogP contribution in [0.15, 0.2) is 22.7 Å². The molecule has 0 amide bonds. The lowest BCUT2D eigenvalue weighted by atomic mass is 9.81. The van der Waals surface area contributed by atoms with E-state index >= 15 is 0 Å². The highest BCUT2D eigenvalue weighted by atomic mass is 79.9. The molecular weight excluding hydrogens is 262 g/mol. The molecule has 0 aliphatic heterocycles. The Morgan fingerprint density at radius 2 is 2.19 bits per heavy atom. The third-order valence-corrected chi connectivity index (χ3v) is 4.09. The summed E-state index contributed by atoms with van der Waals surface area (Å²) >= 11 is 3.61. The van der Waals surface area contributed by atoms with Gasteiger partial charge in [-0.3, -0.25) is 0 Å². The Kier molecular flexibility index (Phi) is 3.91. The molecule has 1 aromatic rings. The van der Waals surface area contributed by atoms with Crippen molar-refractivity contribution >= 4 is 21.6 Å². The van der Waals surface area contributed by atoms with E-state index in [0.29, 0.717) is 6.04 Å². The molecule has 1 aromatic carbocycles. The van der Waals surface area contributed by atoms with Crippen molar-refractivity contribution in [3.05, 3.63) is 28.2 Å². The van der Waals surface area contributed by atoms with Crippen LogP contribution in [0, 0.1) is 12.8 Å². The topological polar surface area (TPSA) is 12.0 Å². The summed E-state index contributed by atoms with van der Waals surface area (Å²) in [5, 5.41) is 3.59. The first-order valence-corrected chi connectivity index (χ1v) is 6.97. The van der Waals surface area contributed by atoms with Crippen molar-refractivity contribution in [1.29, 1.82) is 0 Å². The summed E-state index contributed by atoms with van der Waals surface area (Å²) in [4.78, 5) is 0. The van der Waals surface area contributed by atoms with Gasteiger partial charge in [0.1, 0.15) is 0 Å². The zero-order valence-electron chi connectivity index (χ0n) is 10.1. The lowest BCUT2D eigenvalue weighted by Crippen LogP contribution is -2.23. The van der Waals surface area contributed by atoms with Crippen LogP contribution in [0.3, 0.4) is 0 Å². The fraction of sp³-hybridized carbons (Fsp3) is 0.571. The summed E-state index contributed by atoms with van der Waals surface area (Å²) in [7, 11) is 0. The van der Waals surface area contributed by atoms with E-state index in [1.807, 2.05) is 0 Å². The summed E-state index contributed by atoms with van der Waals surface area (Å²) in [5.41, 5.74) is 2.52. The lowest BCUT2D eigenvalue weighted by Gasteiger charge is -2.29. The van der Waals surface area contributed by atoms with Gasteiger partial charge in [0.25, 0.3) is 0 Å². The number of hydrogen-bond donors (Lipinski definition) is 1. The van der Waals surface area contributed by atoms with Gasteiger partial charge in [0.15, 0.2) is 0 Å². The Morgan fingerprint density at radius 1 is 1.44 bits per heavy atom. The van der Waals surface area contributed by atoms with Crippen LogP contribution in [0.2, 0.25) is 0 Å². The van der Waals surface area contributed by atoms with Gasteiger partial charge in [-0.1, -0.05) is 25.3 Å². The minimum Gasteiger partial charge on any atom is -0.382 e. The van der Waals surface area contributed by atoms with Gasteiger partial charge < -0.3 is 5.32 Å². The average molecular weight is 282 g/mol. The van der Waals surface area contributed by atoms with E-state index in [4.69, 9.17) is 0 Å². The number of hydrogen-bond acceptors (Lipinski definition) is 1. The summed E-state index contributed by atoms with van der Waals surface area (Å²) < 4.78 is 1.17. The summed E-state index contributed by atoms with van der Waals surface area (Å²) in [6, 6.07) is 7.06. The molecule has 1 saturated carbocycles.